The summed E-state index contributed by atoms with van der Waals surface area (Å²) in [4.78, 5) is 19.1. The lowest BCUT2D eigenvalue weighted by molar-refractivity contribution is 0.0996. The van der Waals surface area contributed by atoms with Crippen molar-refractivity contribution in [2.45, 2.75) is 44.4 Å². The molecule has 0 aliphatic rings. The van der Waals surface area contributed by atoms with Crippen LogP contribution < -0.4 is 4.80 Å². The predicted molar refractivity (Wildman–Crippen MR) is 118 cm³/mol. The molecular formula is C22H26N2O2S2. The van der Waals surface area contributed by atoms with Crippen LogP contribution in [0.3, 0.4) is 0 Å². The number of ether oxygens (including phenoxy) is 1. The van der Waals surface area contributed by atoms with Crippen molar-refractivity contribution in [2.75, 3.05) is 13.2 Å². The summed E-state index contributed by atoms with van der Waals surface area (Å²) >= 11 is 3.33. The minimum absolute atomic E-state index is 0.213. The summed E-state index contributed by atoms with van der Waals surface area (Å²) < 4.78 is 8.73. The van der Waals surface area contributed by atoms with E-state index in [0.29, 0.717) is 35.4 Å². The molecule has 28 heavy (non-hydrogen) atoms. The fraction of sp³-hybridized carbons (Fsp3) is 0.364. The Bertz CT molecular complexity index is 1020. The summed E-state index contributed by atoms with van der Waals surface area (Å²) in [7, 11) is 0. The molecule has 0 saturated carbocycles. The van der Waals surface area contributed by atoms with Crippen molar-refractivity contribution in [1.82, 2.24) is 4.57 Å². The van der Waals surface area contributed by atoms with Gasteiger partial charge in [0.05, 0.1) is 16.8 Å². The zero-order valence-electron chi connectivity index (χ0n) is 16.8. The Labute approximate surface area is 174 Å². The molecule has 0 saturated heterocycles. The number of benzene rings is 2. The molecule has 4 nitrogen and oxygen atoms in total. The van der Waals surface area contributed by atoms with E-state index >= 15 is 0 Å². The molecule has 3 rings (SSSR count). The Morgan fingerprint density at radius 3 is 2.64 bits per heavy atom. The number of thiazole rings is 1. The maximum absolute atomic E-state index is 12.8. The van der Waals surface area contributed by atoms with Crippen LogP contribution in [-0.2, 0) is 11.3 Å². The average Bonchev–Trinajstić information content (AvgIpc) is 2.98. The zero-order chi connectivity index (χ0) is 20.1. The molecule has 0 fully saturated rings. The first-order valence-corrected chi connectivity index (χ1v) is 11.2. The molecular weight excluding hydrogens is 388 g/mol. The van der Waals surface area contributed by atoms with E-state index in [2.05, 4.69) is 48.5 Å². The molecule has 0 radical (unpaired) electrons. The van der Waals surface area contributed by atoms with E-state index in [4.69, 9.17) is 4.74 Å². The van der Waals surface area contributed by atoms with Gasteiger partial charge in [0.1, 0.15) is 0 Å². The van der Waals surface area contributed by atoms with Crippen LogP contribution in [0.25, 0.3) is 10.2 Å². The van der Waals surface area contributed by atoms with E-state index in [1.165, 1.54) is 5.56 Å². The Morgan fingerprint density at radius 1 is 1.21 bits per heavy atom. The lowest BCUT2D eigenvalue weighted by Crippen LogP contribution is -2.19. The number of hydrogen-bond donors (Lipinski definition) is 0. The van der Waals surface area contributed by atoms with Crippen LogP contribution in [0, 0.1) is 6.92 Å². The molecule has 0 atom stereocenters. The molecule has 0 unspecified atom stereocenters. The molecule has 3 aromatic rings. The van der Waals surface area contributed by atoms with Gasteiger partial charge in [-0.05, 0) is 55.8 Å². The molecule has 0 spiro atoms. The van der Waals surface area contributed by atoms with Crippen LogP contribution in [-0.4, -0.2) is 28.9 Å². The Kier molecular flexibility index (Phi) is 7.10. The zero-order valence-corrected chi connectivity index (χ0v) is 18.4. The molecule has 0 N–H and O–H groups in total. The summed E-state index contributed by atoms with van der Waals surface area (Å²) in [6, 6.07) is 14.0. The fourth-order valence-corrected chi connectivity index (χ4v) is 4.87. The number of thioether (sulfide) groups is 1. The second kappa shape index (κ2) is 9.54. The van der Waals surface area contributed by atoms with Crippen molar-refractivity contribution in [3.63, 3.8) is 0 Å². The SMILES string of the molecule is CCOCCn1c(=NC(=O)c2ccc(SC(C)C)cc2)sc2cc(C)ccc21. The van der Waals surface area contributed by atoms with Crippen molar-refractivity contribution in [3.05, 3.63) is 58.4 Å². The van der Waals surface area contributed by atoms with E-state index in [1.54, 1.807) is 23.1 Å². The smallest absolute Gasteiger partial charge is 0.279 e. The number of nitrogens with zero attached hydrogens (tertiary/aromatic N) is 2. The summed E-state index contributed by atoms with van der Waals surface area (Å²) in [6.07, 6.45) is 0. The molecule has 148 valence electrons. The van der Waals surface area contributed by atoms with Gasteiger partial charge in [0.25, 0.3) is 5.91 Å². The van der Waals surface area contributed by atoms with Crippen LogP contribution in [0.1, 0.15) is 36.7 Å². The lowest BCUT2D eigenvalue weighted by atomic mass is 10.2. The first kappa shape index (κ1) is 20.8. The van der Waals surface area contributed by atoms with Gasteiger partial charge in [-0.2, -0.15) is 4.99 Å². The minimum atomic E-state index is -0.213. The lowest BCUT2D eigenvalue weighted by Gasteiger charge is -2.06. The third-order valence-corrected chi connectivity index (χ3v) is 6.23. The summed E-state index contributed by atoms with van der Waals surface area (Å²) in [5.41, 5.74) is 2.89. The highest BCUT2D eigenvalue weighted by Gasteiger charge is 2.10. The van der Waals surface area contributed by atoms with Gasteiger partial charge in [-0.15, -0.1) is 11.8 Å². The van der Waals surface area contributed by atoms with Crippen LogP contribution in [0.4, 0.5) is 0 Å². The van der Waals surface area contributed by atoms with E-state index in [9.17, 15) is 4.79 Å². The monoisotopic (exact) mass is 414 g/mol. The summed E-state index contributed by atoms with van der Waals surface area (Å²) in [5.74, 6) is -0.213. The Balaban J connectivity index is 1.95. The van der Waals surface area contributed by atoms with E-state index in [0.717, 1.165) is 15.1 Å². The normalized spacial score (nSPS) is 12.2. The first-order valence-electron chi connectivity index (χ1n) is 9.51. The molecule has 1 amide bonds. The molecule has 0 aliphatic carbocycles. The van der Waals surface area contributed by atoms with Crippen molar-refractivity contribution in [2.24, 2.45) is 4.99 Å². The number of carbonyl (C=O) groups is 1. The third kappa shape index (κ3) is 5.13. The van der Waals surface area contributed by atoms with Crippen molar-refractivity contribution in [3.8, 4) is 0 Å². The maximum atomic E-state index is 12.8. The van der Waals surface area contributed by atoms with Gasteiger partial charge in [-0.1, -0.05) is 31.3 Å². The largest absolute Gasteiger partial charge is 0.380 e. The first-order chi connectivity index (χ1) is 13.5. The average molecular weight is 415 g/mol. The van der Waals surface area contributed by atoms with Gasteiger partial charge < -0.3 is 9.30 Å². The Morgan fingerprint density at radius 2 is 1.96 bits per heavy atom. The van der Waals surface area contributed by atoms with Crippen molar-refractivity contribution in [1.29, 1.82) is 0 Å². The molecule has 6 heteroatoms. The number of aromatic nitrogens is 1. The van der Waals surface area contributed by atoms with Crippen LogP contribution >= 0.6 is 23.1 Å². The van der Waals surface area contributed by atoms with Crippen LogP contribution in [0.15, 0.2) is 52.4 Å². The predicted octanol–water partition coefficient (Wildman–Crippen LogP) is 5.29. The number of amides is 1. The quantitative estimate of drug-likeness (QED) is 0.390. The van der Waals surface area contributed by atoms with Crippen LogP contribution in [0.5, 0.6) is 0 Å². The topological polar surface area (TPSA) is 43.6 Å². The second-order valence-corrected chi connectivity index (χ2v) is 9.47. The number of carbonyl (C=O) groups excluding carboxylic acids is 1. The van der Waals surface area contributed by atoms with Gasteiger partial charge in [-0.25, -0.2) is 0 Å². The van der Waals surface area contributed by atoms with E-state index in [1.807, 2.05) is 31.2 Å². The molecule has 0 aliphatic heterocycles. The number of hydrogen-bond acceptors (Lipinski definition) is 4. The highest BCUT2D eigenvalue weighted by Crippen LogP contribution is 2.23. The molecule has 1 aromatic heterocycles. The molecule has 2 aromatic carbocycles. The van der Waals surface area contributed by atoms with Gasteiger partial charge in [0.15, 0.2) is 4.80 Å². The van der Waals surface area contributed by atoms with E-state index < -0.39 is 0 Å². The second-order valence-electron chi connectivity index (χ2n) is 6.81. The third-order valence-electron chi connectivity index (χ3n) is 4.17. The molecule has 0 bridgehead atoms. The number of aryl methyl sites for hydroxylation is 1. The highest BCUT2D eigenvalue weighted by atomic mass is 32.2. The minimum Gasteiger partial charge on any atom is -0.380 e. The number of fused-ring (bicyclic) bond motifs is 1. The highest BCUT2D eigenvalue weighted by molar-refractivity contribution is 7.99. The van der Waals surface area contributed by atoms with Gasteiger partial charge in [-0.3, -0.25) is 4.79 Å². The molecule has 1 heterocycles. The Hall–Kier alpha value is -1.89. The van der Waals surface area contributed by atoms with E-state index in [-0.39, 0.29) is 5.91 Å². The fourth-order valence-electron chi connectivity index (χ4n) is 2.88. The van der Waals surface area contributed by atoms with Gasteiger partial charge in [0, 0.05) is 28.9 Å². The number of rotatable bonds is 7. The van der Waals surface area contributed by atoms with Crippen molar-refractivity contribution < 1.29 is 9.53 Å². The van der Waals surface area contributed by atoms with Crippen molar-refractivity contribution >= 4 is 39.2 Å². The summed E-state index contributed by atoms with van der Waals surface area (Å²) in [5, 5.41) is 0.512. The standard InChI is InChI=1S/C22H26N2O2S2/c1-5-26-13-12-24-19-11-6-16(4)14-20(19)28-22(24)23-21(25)17-7-9-18(10-8-17)27-15(2)3/h6-11,14-15H,5,12-13H2,1-4H3. The van der Waals surface area contributed by atoms with Crippen LogP contribution in [0.2, 0.25) is 0 Å². The maximum Gasteiger partial charge on any atom is 0.279 e. The summed E-state index contributed by atoms with van der Waals surface area (Å²) in [6.45, 7) is 10.3. The van der Waals surface area contributed by atoms with Gasteiger partial charge >= 0.3 is 0 Å². The van der Waals surface area contributed by atoms with Gasteiger partial charge in [0.2, 0.25) is 0 Å².